The minimum Gasteiger partial charge on any atom is -0.481 e. The van der Waals surface area contributed by atoms with E-state index in [-0.39, 0.29) is 37.5 Å². The number of benzene rings is 1. The van der Waals surface area contributed by atoms with E-state index in [0.717, 1.165) is 0 Å². The van der Waals surface area contributed by atoms with Crippen LogP contribution in [0.2, 0.25) is 0 Å². The van der Waals surface area contributed by atoms with Crippen molar-refractivity contribution in [3.05, 3.63) is 35.6 Å². The first-order valence-corrected chi connectivity index (χ1v) is 9.95. The van der Waals surface area contributed by atoms with Crippen LogP contribution >= 0.6 is 0 Å². The normalized spacial score (nSPS) is 10.6. The van der Waals surface area contributed by atoms with Crippen molar-refractivity contribution in [3.8, 4) is 0 Å². The molecular weight excluding hydrogens is 459 g/mol. The van der Waals surface area contributed by atoms with Gasteiger partial charge in [0.05, 0.1) is 6.42 Å². The molecule has 188 valence electrons. The molecule has 4 amide bonds. The Bertz CT molecular complexity index is 862. The van der Waals surface area contributed by atoms with Crippen LogP contribution in [0.3, 0.4) is 0 Å². The van der Waals surface area contributed by atoms with Crippen molar-refractivity contribution in [1.29, 1.82) is 0 Å². The maximum absolute atomic E-state index is 12.6. The van der Waals surface area contributed by atoms with Crippen molar-refractivity contribution in [2.75, 3.05) is 13.1 Å². The number of urea groups is 1. The number of hydrogen-bond donors (Lipinski definition) is 7. The summed E-state index contributed by atoms with van der Waals surface area (Å²) in [7, 11) is 0. The van der Waals surface area contributed by atoms with Gasteiger partial charge in [-0.05, 0) is 37.1 Å². The number of rotatable bonds is 13. The molecule has 8 N–H and O–H groups in total. The fraction of sp³-hybridized carbons (Fsp3) is 0.400. The van der Waals surface area contributed by atoms with Gasteiger partial charge in [0.15, 0.2) is 0 Å². The largest absolute Gasteiger partial charge is 0.481 e. The fourth-order valence-electron chi connectivity index (χ4n) is 2.19. The van der Waals surface area contributed by atoms with Crippen LogP contribution in [-0.2, 0) is 19.2 Å². The molecular formula is C20H27FN4O9. The topological polar surface area (TPSA) is 225 Å². The number of hydrogen-bond acceptors (Lipinski definition) is 6. The lowest BCUT2D eigenvalue weighted by Gasteiger charge is -2.13. The van der Waals surface area contributed by atoms with Gasteiger partial charge in [-0.1, -0.05) is 0 Å². The van der Waals surface area contributed by atoms with Crippen molar-refractivity contribution >= 4 is 35.8 Å². The van der Waals surface area contributed by atoms with Crippen LogP contribution in [-0.4, -0.2) is 70.2 Å². The summed E-state index contributed by atoms with van der Waals surface area (Å²) < 4.78 is 12.6. The molecule has 0 fully saturated rings. The summed E-state index contributed by atoms with van der Waals surface area (Å²) in [5.41, 5.74) is 5.33. The molecule has 0 saturated heterocycles. The van der Waals surface area contributed by atoms with E-state index in [9.17, 15) is 33.2 Å². The van der Waals surface area contributed by atoms with Gasteiger partial charge in [-0.15, -0.1) is 0 Å². The minimum absolute atomic E-state index is 0.146. The summed E-state index contributed by atoms with van der Waals surface area (Å²) in [6.07, 6.45) is -0.199. The zero-order valence-electron chi connectivity index (χ0n) is 18.1. The molecule has 0 aliphatic rings. The predicted molar refractivity (Wildman–Crippen MR) is 114 cm³/mol. The lowest BCUT2D eigenvalue weighted by Crippen LogP contribution is -2.46. The number of nitrogens with two attached hydrogens (primary N) is 1. The smallest absolute Gasteiger partial charge is 0.326 e. The summed E-state index contributed by atoms with van der Waals surface area (Å²) in [5.74, 6) is -4.69. The first-order chi connectivity index (χ1) is 15.9. The van der Waals surface area contributed by atoms with E-state index in [1.54, 1.807) is 0 Å². The van der Waals surface area contributed by atoms with Crippen LogP contribution in [0.4, 0.5) is 9.18 Å². The zero-order valence-corrected chi connectivity index (χ0v) is 18.1. The highest BCUT2D eigenvalue weighted by molar-refractivity contribution is 5.94. The van der Waals surface area contributed by atoms with Crippen LogP contribution in [0.15, 0.2) is 24.3 Å². The van der Waals surface area contributed by atoms with Crippen LogP contribution in [0.25, 0.3) is 0 Å². The number of carboxylic acids is 3. The molecule has 0 bridgehead atoms. The molecule has 34 heavy (non-hydrogen) atoms. The number of aliphatic carboxylic acids is 3. The molecule has 0 aliphatic heterocycles. The first kappa shape index (κ1) is 29.8. The molecule has 0 aromatic heterocycles. The molecule has 1 aromatic rings. The van der Waals surface area contributed by atoms with Gasteiger partial charge in [0.25, 0.3) is 5.91 Å². The lowest BCUT2D eigenvalue weighted by molar-refractivity contribution is -0.141. The second-order valence-electron chi connectivity index (χ2n) is 6.70. The molecule has 0 radical (unpaired) electrons. The number of carbonyl (C=O) groups excluding carboxylic acids is 3. The molecule has 1 unspecified atom stereocenters. The molecule has 1 aromatic carbocycles. The average molecular weight is 486 g/mol. The van der Waals surface area contributed by atoms with E-state index in [1.807, 2.05) is 5.32 Å². The van der Waals surface area contributed by atoms with Gasteiger partial charge < -0.3 is 37.0 Å². The fourth-order valence-corrected chi connectivity index (χ4v) is 2.19. The third-order valence-electron chi connectivity index (χ3n) is 3.87. The second-order valence-corrected chi connectivity index (χ2v) is 6.70. The van der Waals surface area contributed by atoms with E-state index in [2.05, 4.69) is 10.6 Å². The van der Waals surface area contributed by atoms with Crippen molar-refractivity contribution in [2.45, 2.75) is 38.1 Å². The monoisotopic (exact) mass is 486 g/mol. The van der Waals surface area contributed by atoms with Gasteiger partial charge in [0, 0.05) is 31.5 Å². The molecule has 0 aliphatic carbocycles. The quantitative estimate of drug-likeness (QED) is 0.184. The Hall–Kier alpha value is -4.23. The maximum Gasteiger partial charge on any atom is 0.326 e. The van der Waals surface area contributed by atoms with E-state index in [0.29, 0.717) is 18.5 Å². The number of carbonyl (C=O) groups is 6. The Morgan fingerprint density at radius 2 is 1.44 bits per heavy atom. The first-order valence-electron chi connectivity index (χ1n) is 9.95. The number of carboxylic acid groups (broad SMARTS) is 3. The van der Waals surface area contributed by atoms with Crippen LogP contribution in [0.1, 0.15) is 42.5 Å². The summed E-state index contributed by atoms with van der Waals surface area (Å²) >= 11 is 0. The molecule has 1 rings (SSSR count). The number of nitrogens with one attached hydrogen (secondary N) is 3. The highest BCUT2D eigenvalue weighted by atomic mass is 19.1. The second kappa shape index (κ2) is 16.4. The maximum atomic E-state index is 12.6. The molecule has 13 nitrogen and oxygen atoms in total. The highest BCUT2D eigenvalue weighted by Crippen LogP contribution is 2.02. The number of amides is 4. The Morgan fingerprint density at radius 1 is 0.853 bits per heavy atom. The molecule has 0 heterocycles. The Balaban J connectivity index is 0.000000644. The Morgan fingerprint density at radius 3 is 1.94 bits per heavy atom. The number of halogens is 1. The zero-order chi connectivity index (χ0) is 26.1. The van der Waals surface area contributed by atoms with E-state index in [1.165, 1.54) is 24.3 Å². The average Bonchev–Trinajstić information content (AvgIpc) is 2.74. The Kier molecular flexibility index (Phi) is 14.4. The van der Waals surface area contributed by atoms with E-state index < -0.39 is 42.3 Å². The third kappa shape index (κ3) is 15.6. The van der Waals surface area contributed by atoms with Gasteiger partial charge in [0.1, 0.15) is 11.9 Å². The van der Waals surface area contributed by atoms with E-state index >= 15 is 0 Å². The SMILES string of the molecule is NC(=O)CCCNC(=O)c1ccc(F)cc1.O=C(O)CCNC(=O)NC(CCC(=O)O)C(=O)O. The van der Waals surface area contributed by atoms with Gasteiger partial charge in [0.2, 0.25) is 5.91 Å². The van der Waals surface area contributed by atoms with Crippen molar-refractivity contribution < 1.29 is 48.5 Å². The summed E-state index contributed by atoms with van der Waals surface area (Å²) in [6.45, 7) is 0.228. The van der Waals surface area contributed by atoms with Crippen molar-refractivity contribution in [1.82, 2.24) is 16.0 Å². The van der Waals surface area contributed by atoms with Gasteiger partial charge >= 0.3 is 23.9 Å². The minimum atomic E-state index is -1.36. The summed E-state index contributed by atoms with van der Waals surface area (Å²) in [6, 6.07) is 3.06. The number of primary amides is 1. The standard InChI is InChI=1S/C11H13FN2O2.C9H14N2O7/c12-9-5-3-8(4-6-9)11(16)14-7-1-2-10(13)15;12-6(13)2-1-5(8(16)17)11-9(18)10-4-3-7(14)15/h3-6H,1-2,7H2,(H2,13,15)(H,14,16);5H,1-4H2,(H,12,13)(H,14,15)(H,16,17)(H2,10,11,18). The van der Waals surface area contributed by atoms with Crippen LogP contribution in [0, 0.1) is 5.82 Å². The van der Waals surface area contributed by atoms with Gasteiger partial charge in [-0.3, -0.25) is 19.2 Å². The van der Waals surface area contributed by atoms with Crippen LogP contribution < -0.4 is 21.7 Å². The van der Waals surface area contributed by atoms with Crippen molar-refractivity contribution in [2.24, 2.45) is 5.73 Å². The summed E-state index contributed by atoms with van der Waals surface area (Å²) in [5, 5.41) is 32.2. The highest BCUT2D eigenvalue weighted by Gasteiger charge is 2.20. The molecule has 14 heteroatoms. The Labute approximate surface area is 193 Å². The van der Waals surface area contributed by atoms with Crippen LogP contribution in [0.5, 0.6) is 0 Å². The molecule has 0 spiro atoms. The lowest BCUT2D eigenvalue weighted by atomic mass is 10.1. The predicted octanol–water partition coefficient (Wildman–Crippen LogP) is -0.101. The van der Waals surface area contributed by atoms with Gasteiger partial charge in [-0.25, -0.2) is 14.0 Å². The third-order valence-corrected chi connectivity index (χ3v) is 3.87. The molecule has 0 saturated carbocycles. The van der Waals surface area contributed by atoms with Crippen molar-refractivity contribution in [3.63, 3.8) is 0 Å². The van der Waals surface area contributed by atoms with Gasteiger partial charge in [-0.2, -0.15) is 0 Å². The molecule has 1 atom stereocenters. The summed E-state index contributed by atoms with van der Waals surface area (Å²) in [4.78, 5) is 64.2. The van der Waals surface area contributed by atoms with E-state index in [4.69, 9.17) is 21.1 Å².